The molecule has 0 unspecified atom stereocenters. The molecule has 0 fully saturated rings. The average molecular weight is 355 g/mol. The van der Waals surface area contributed by atoms with Crippen LogP contribution in [0.1, 0.15) is 56.9 Å². The summed E-state index contributed by atoms with van der Waals surface area (Å²) in [5.74, 6) is 0. The third-order valence-corrected chi connectivity index (χ3v) is 4.42. The summed E-state index contributed by atoms with van der Waals surface area (Å²) in [7, 11) is 0. The highest BCUT2D eigenvalue weighted by Gasteiger charge is 2.11. The summed E-state index contributed by atoms with van der Waals surface area (Å²) in [6.07, 6.45) is 3.14. The number of thiocarbonyl (C=S) groups is 1. The van der Waals surface area contributed by atoms with Crippen molar-refractivity contribution in [2.45, 2.75) is 59.4 Å². The molecule has 0 aliphatic rings. The SMILES string of the molecule is CCc1cccc(CC)c1Cc1ccc(NC(=S)NC(C)(C)C)cc1. The molecule has 0 saturated carbocycles. The zero-order valence-corrected chi connectivity index (χ0v) is 16.9. The predicted octanol–water partition coefficient (Wildman–Crippen LogP) is 5.49. The van der Waals surface area contributed by atoms with Crippen molar-refractivity contribution in [1.82, 2.24) is 5.32 Å². The van der Waals surface area contributed by atoms with Crippen molar-refractivity contribution in [2.24, 2.45) is 0 Å². The molecular weight excluding hydrogens is 324 g/mol. The van der Waals surface area contributed by atoms with Gasteiger partial charge in [0.05, 0.1) is 0 Å². The summed E-state index contributed by atoms with van der Waals surface area (Å²) in [5, 5.41) is 7.18. The van der Waals surface area contributed by atoms with E-state index in [9.17, 15) is 0 Å². The molecular formula is C22H30N2S. The van der Waals surface area contributed by atoms with Crippen molar-refractivity contribution >= 4 is 23.0 Å². The molecule has 3 heteroatoms. The smallest absolute Gasteiger partial charge is 0.171 e. The quantitative estimate of drug-likeness (QED) is 0.695. The van der Waals surface area contributed by atoms with Gasteiger partial charge in [0.25, 0.3) is 0 Å². The highest BCUT2D eigenvalue weighted by molar-refractivity contribution is 7.80. The van der Waals surface area contributed by atoms with Crippen LogP contribution >= 0.6 is 12.2 Å². The molecule has 25 heavy (non-hydrogen) atoms. The van der Waals surface area contributed by atoms with Gasteiger partial charge in [-0.1, -0.05) is 44.2 Å². The van der Waals surface area contributed by atoms with Crippen molar-refractivity contribution in [1.29, 1.82) is 0 Å². The third kappa shape index (κ3) is 5.86. The Balaban J connectivity index is 2.10. The van der Waals surface area contributed by atoms with Crippen molar-refractivity contribution < 1.29 is 0 Å². The Morgan fingerprint density at radius 2 is 1.48 bits per heavy atom. The van der Waals surface area contributed by atoms with Crippen LogP contribution in [-0.2, 0) is 19.3 Å². The van der Waals surface area contributed by atoms with Gasteiger partial charge < -0.3 is 10.6 Å². The number of hydrogen-bond donors (Lipinski definition) is 2. The van der Waals surface area contributed by atoms with Crippen LogP contribution in [-0.4, -0.2) is 10.7 Å². The fourth-order valence-corrected chi connectivity index (χ4v) is 3.41. The number of rotatable bonds is 5. The molecule has 134 valence electrons. The first kappa shape index (κ1) is 19.5. The van der Waals surface area contributed by atoms with E-state index in [1.807, 2.05) is 0 Å². The van der Waals surface area contributed by atoms with E-state index in [1.54, 1.807) is 0 Å². The van der Waals surface area contributed by atoms with Gasteiger partial charge >= 0.3 is 0 Å². The molecule has 2 aromatic carbocycles. The van der Waals surface area contributed by atoms with Gasteiger partial charge in [0, 0.05) is 11.2 Å². The summed E-state index contributed by atoms with van der Waals surface area (Å²) < 4.78 is 0. The zero-order valence-electron chi connectivity index (χ0n) is 16.1. The van der Waals surface area contributed by atoms with E-state index in [0.29, 0.717) is 5.11 Å². The van der Waals surface area contributed by atoms with Crippen molar-refractivity contribution in [3.8, 4) is 0 Å². The standard InChI is InChI=1S/C22H30N2S/c1-6-17-9-8-10-18(7-2)20(17)15-16-11-13-19(14-12-16)23-21(25)24-22(3,4)5/h8-14H,6-7,15H2,1-5H3,(H2,23,24,25). The number of nitrogens with one attached hydrogen (secondary N) is 2. The first-order chi connectivity index (χ1) is 11.8. The third-order valence-electron chi connectivity index (χ3n) is 4.21. The van der Waals surface area contributed by atoms with Crippen molar-refractivity contribution in [3.63, 3.8) is 0 Å². The number of benzene rings is 2. The van der Waals surface area contributed by atoms with Crippen LogP contribution in [0.4, 0.5) is 5.69 Å². The fourth-order valence-electron chi connectivity index (χ4n) is 2.99. The van der Waals surface area contributed by atoms with Crippen LogP contribution in [0.5, 0.6) is 0 Å². The molecule has 0 saturated heterocycles. The van der Waals surface area contributed by atoms with Gasteiger partial charge in [-0.05, 0) is 86.6 Å². The van der Waals surface area contributed by atoms with Crippen LogP contribution in [0, 0.1) is 0 Å². The summed E-state index contributed by atoms with van der Waals surface area (Å²) in [6, 6.07) is 15.3. The molecule has 2 rings (SSSR count). The molecule has 2 N–H and O–H groups in total. The Bertz CT molecular complexity index is 690. The van der Waals surface area contributed by atoms with Gasteiger partial charge in [0.1, 0.15) is 0 Å². The second-order valence-electron chi connectivity index (χ2n) is 7.46. The Morgan fingerprint density at radius 3 is 1.96 bits per heavy atom. The molecule has 0 radical (unpaired) electrons. The lowest BCUT2D eigenvalue weighted by Gasteiger charge is -2.23. The normalized spacial score (nSPS) is 11.2. The summed E-state index contributed by atoms with van der Waals surface area (Å²) in [6.45, 7) is 10.8. The van der Waals surface area contributed by atoms with E-state index in [0.717, 1.165) is 24.9 Å². The Hall–Kier alpha value is -1.87. The molecule has 0 atom stereocenters. The molecule has 0 aliphatic heterocycles. The van der Waals surface area contributed by atoms with Crippen LogP contribution in [0.15, 0.2) is 42.5 Å². The molecule has 0 spiro atoms. The molecule has 2 nitrogen and oxygen atoms in total. The van der Waals surface area contributed by atoms with E-state index in [4.69, 9.17) is 12.2 Å². The molecule has 0 heterocycles. The minimum absolute atomic E-state index is 0.0373. The maximum atomic E-state index is 5.37. The first-order valence-electron chi connectivity index (χ1n) is 9.10. The monoisotopic (exact) mass is 354 g/mol. The van der Waals surface area contributed by atoms with E-state index >= 15 is 0 Å². The molecule has 0 aromatic heterocycles. The topological polar surface area (TPSA) is 24.1 Å². The van der Waals surface area contributed by atoms with Crippen LogP contribution in [0.25, 0.3) is 0 Å². The van der Waals surface area contributed by atoms with Gasteiger partial charge in [-0.25, -0.2) is 0 Å². The summed E-state index contributed by atoms with van der Waals surface area (Å²) in [5.41, 5.74) is 6.71. The largest absolute Gasteiger partial charge is 0.358 e. The molecule has 0 aliphatic carbocycles. The first-order valence-corrected chi connectivity index (χ1v) is 9.51. The lowest BCUT2D eigenvalue weighted by molar-refractivity contribution is 0.515. The van der Waals surface area contributed by atoms with Gasteiger partial charge in [0.2, 0.25) is 0 Å². The second kappa shape index (κ2) is 8.48. The lowest BCUT2D eigenvalue weighted by atomic mass is 9.92. The summed E-state index contributed by atoms with van der Waals surface area (Å²) >= 11 is 5.37. The fraction of sp³-hybridized carbons (Fsp3) is 0.409. The minimum Gasteiger partial charge on any atom is -0.358 e. The number of hydrogen-bond acceptors (Lipinski definition) is 1. The number of anilines is 1. The van der Waals surface area contributed by atoms with E-state index < -0.39 is 0 Å². The Morgan fingerprint density at radius 1 is 0.920 bits per heavy atom. The van der Waals surface area contributed by atoms with Gasteiger partial charge in [-0.2, -0.15) is 0 Å². The van der Waals surface area contributed by atoms with Crippen molar-refractivity contribution in [3.05, 3.63) is 64.7 Å². The maximum absolute atomic E-state index is 5.37. The highest BCUT2D eigenvalue weighted by Crippen LogP contribution is 2.21. The van der Waals surface area contributed by atoms with E-state index in [-0.39, 0.29) is 5.54 Å². The van der Waals surface area contributed by atoms with E-state index in [1.165, 1.54) is 22.3 Å². The summed E-state index contributed by atoms with van der Waals surface area (Å²) in [4.78, 5) is 0. The van der Waals surface area contributed by atoms with Crippen LogP contribution < -0.4 is 10.6 Å². The average Bonchev–Trinajstić information content (AvgIpc) is 2.55. The van der Waals surface area contributed by atoms with Gasteiger partial charge in [-0.15, -0.1) is 0 Å². The van der Waals surface area contributed by atoms with Crippen LogP contribution in [0.2, 0.25) is 0 Å². The van der Waals surface area contributed by atoms with E-state index in [2.05, 4.69) is 87.7 Å². The van der Waals surface area contributed by atoms with Gasteiger partial charge in [0.15, 0.2) is 5.11 Å². The minimum atomic E-state index is -0.0373. The lowest BCUT2D eigenvalue weighted by Crippen LogP contribution is -2.42. The molecule has 0 bridgehead atoms. The zero-order chi connectivity index (χ0) is 18.4. The van der Waals surface area contributed by atoms with Crippen LogP contribution in [0.3, 0.4) is 0 Å². The highest BCUT2D eigenvalue weighted by atomic mass is 32.1. The predicted molar refractivity (Wildman–Crippen MR) is 114 cm³/mol. The van der Waals surface area contributed by atoms with Gasteiger partial charge in [-0.3, -0.25) is 0 Å². The van der Waals surface area contributed by atoms with Crippen molar-refractivity contribution in [2.75, 3.05) is 5.32 Å². The second-order valence-corrected chi connectivity index (χ2v) is 7.87. The molecule has 0 amide bonds. The number of aryl methyl sites for hydroxylation is 2. The maximum Gasteiger partial charge on any atom is 0.171 e. The Kier molecular flexibility index (Phi) is 6.60. The molecule has 2 aromatic rings. The Labute approximate surface area is 158 Å².